The number of halogens is 1. The normalized spacial score (nSPS) is 12.2. The molecule has 144 valence electrons. The van der Waals surface area contributed by atoms with Gasteiger partial charge in [-0.2, -0.15) is 16.8 Å². The van der Waals surface area contributed by atoms with Crippen molar-refractivity contribution in [3.8, 4) is 5.75 Å². The smallest absolute Gasteiger partial charge is 0.291 e. The van der Waals surface area contributed by atoms with Crippen LogP contribution in [-0.4, -0.2) is 29.6 Å². The molecule has 0 atom stereocenters. The van der Waals surface area contributed by atoms with Crippen LogP contribution in [0.3, 0.4) is 0 Å². The van der Waals surface area contributed by atoms with E-state index in [0.717, 1.165) is 38.3 Å². The van der Waals surface area contributed by atoms with Crippen LogP contribution in [0.2, 0.25) is 5.02 Å². The Morgan fingerprint density at radius 2 is 2.04 bits per heavy atom. The minimum absolute atomic E-state index is 0.303. The average Bonchev–Trinajstić information content (AvgIpc) is 3.23. The minimum atomic E-state index is -0.303. The zero-order valence-corrected chi connectivity index (χ0v) is 18.5. The van der Waals surface area contributed by atoms with Gasteiger partial charge in [0.15, 0.2) is 4.80 Å². The molecule has 4 aromatic rings. The van der Waals surface area contributed by atoms with Gasteiger partial charge in [0, 0.05) is 22.4 Å². The van der Waals surface area contributed by atoms with Crippen LogP contribution in [0.1, 0.15) is 9.67 Å². The van der Waals surface area contributed by atoms with Crippen molar-refractivity contribution in [1.29, 1.82) is 0 Å². The standard InChI is InChI=1S/C20H17ClN2O2S3/c1-25-12-7-8-14-16(11-12)28-20(23(14)9-10-26-2)22-19(24)18-17(21)13-5-3-4-6-15(13)27-18/h3-8,11H,9-10H2,1-2H3. The number of amides is 1. The number of carbonyl (C=O) groups excluding carboxylic acids is 1. The number of ether oxygens (including phenoxy) is 1. The molecule has 0 saturated heterocycles. The van der Waals surface area contributed by atoms with Crippen molar-refractivity contribution in [2.75, 3.05) is 19.1 Å². The summed E-state index contributed by atoms with van der Waals surface area (Å²) >= 11 is 11.1. The minimum Gasteiger partial charge on any atom is -0.497 e. The lowest BCUT2D eigenvalue weighted by atomic mass is 10.2. The number of nitrogens with zero attached hydrogens (tertiary/aromatic N) is 2. The lowest BCUT2D eigenvalue weighted by Gasteiger charge is -2.04. The van der Waals surface area contributed by atoms with Gasteiger partial charge in [0.05, 0.1) is 22.3 Å². The van der Waals surface area contributed by atoms with Gasteiger partial charge < -0.3 is 9.30 Å². The highest BCUT2D eigenvalue weighted by Gasteiger charge is 2.17. The number of thiazole rings is 1. The second-order valence-corrected chi connectivity index (χ2v) is 9.45. The highest BCUT2D eigenvalue weighted by atomic mass is 35.5. The first-order valence-corrected chi connectivity index (χ1v) is 11.9. The van der Waals surface area contributed by atoms with Crippen LogP contribution in [0.4, 0.5) is 0 Å². The van der Waals surface area contributed by atoms with Crippen LogP contribution in [0.25, 0.3) is 20.3 Å². The Morgan fingerprint density at radius 3 is 2.79 bits per heavy atom. The molecular weight excluding hydrogens is 432 g/mol. The van der Waals surface area contributed by atoms with Crippen molar-refractivity contribution in [1.82, 2.24) is 4.57 Å². The van der Waals surface area contributed by atoms with E-state index in [-0.39, 0.29) is 5.91 Å². The van der Waals surface area contributed by atoms with Crippen molar-refractivity contribution in [3.05, 3.63) is 57.2 Å². The number of aromatic nitrogens is 1. The molecule has 2 aromatic heterocycles. The topological polar surface area (TPSA) is 43.6 Å². The number of benzene rings is 2. The van der Waals surface area contributed by atoms with Gasteiger partial charge in [0.1, 0.15) is 10.6 Å². The molecule has 4 nitrogen and oxygen atoms in total. The molecule has 2 heterocycles. The third-order valence-corrected chi connectivity index (χ3v) is 7.63. The molecule has 0 aliphatic heterocycles. The third kappa shape index (κ3) is 3.59. The number of hydrogen-bond acceptors (Lipinski definition) is 5. The number of thioether (sulfide) groups is 1. The number of hydrogen-bond donors (Lipinski definition) is 0. The summed E-state index contributed by atoms with van der Waals surface area (Å²) in [7, 11) is 1.65. The summed E-state index contributed by atoms with van der Waals surface area (Å²) < 4.78 is 9.45. The second kappa shape index (κ2) is 8.29. The maximum Gasteiger partial charge on any atom is 0.291 e. The fraction of sp³-hybridized carbons (Fsp3) is 0.200. The van der Waals surface area contributed by atoms with Gasteiger partial charge in [0.25, 0.3) is 5.91 Å². The fourth-order valence-corrected chi connectivity index (χ4v) is 5.80. The van der Waals surface area contributed by atoms with E-state index in [2.05, 4.69) is 15.8 Å². The highest BCUT2D eigenvalue weighted by molar-refractivity contribution is 7.98. The number of carbonyl (C=O) groups is 1. The Bertz CT molecular complexity index is 1240. The number of methoxy groups -OCH3 is 1. The zero-order chi connectivity index (χ0) is 19.7. The number of aryl methyl sites for hydroxylation is 1. The Balaban J connectivity index is 1.84. The van der Waals surface area contributed by atoms with Crippen LogP contribution in [0.5, 0.6) is 5.75 Å². The zero-order valence-electron chi connectivity index (χ0n) is 15.3. The number of fused-ring (bicyclic) bond motifs is 2. The molecule has 0 bridgehead atoms. The summed E-state index contributed by atoms with van der Waals surface area (Å²) in [5.41, 5.74) is 1.05. The van der Waals surface area contributed by atoms with Crippen molar-refractivity contribution >= 4 is 72.2 Å². The molecule has 4 rings (SSSR count). The SMILES string of the molecule is COc1ccc2c(c1)sc(=NC(=O)c1sc3ccccc3c1Cl)n2CCSC. The first-order valence-electron chi connectivity index (χ1n) is 8.54. The molecule has 8 heteroatoms. The first-order chi connectivity index (χ1) is 13.6. The predicted octanol–water partition coefficient (Wildman–Crippen LogP) is 5.68. The molecule has 0 unspecified atom stereocenters. The lowest BCUT2D eigenvalue weighted by Crippen LogP contribution is -2.18. The van der Waals surface area contributed by atoms with Gasteiger partial charge in [-0.1, -0.05) is 41.1 Å². The van der Waals surface area contributed by atoms with Gasteiger partial charge in [-0.25, -0.2) is 0 Å². The van der Waals surface area contributed by atoms with Crippen molar-refractivity contribution in [2.24, 2.45) is 4.99 Å². The van der Waals surface area contributed by atoms with Crippen molar-refractivity contribution in [3.63, 3.8) is 0 Å². The van der Waals surface area contributed by atoms with Crippen LogP contribution < -0.4 is 9.54 Å². The summed E-state index contributed by atoms with van der Waals surface area (Å²) in [5.74, 6) is 1.42. The molecule has 28 heavy (non-hydrogen) atoms. The van der Waals surface area contributed by atoms with Crippen molar-refractivity contribution in [2.45, 2.75) is 6.54 Å². The molecule has 0 aliphatic carbocycles. The third-order valence-electron chi connectivity index (χ3n) is 4.34. The largest absolute Gasteiger partial charge is 0.497 e. The van der Waals surface area contributed by atoms with Crippen LogP contribution in [-0.2, 0) is 6.54 Å². The summed E-state index contributed by atoms with van der Waals surface area (Å²) in [6.45, 7) is 0.778. The molecule has 1 amide bonds. The van der Waals surface area contributed by atoms with Gasteiger partial charge in [-0.15, -0.1) is 11.3 Å². The molecule has 0 radical (unpaired) electrons. The molecule has 0 saturated carbocycles. The molecule has 0 aliphatic rings. The average molecular weight is 449 g/mol. The van der Waals surface area contributed by atoms with Crippen LogP contribution in [0.15, 0.2) is 47.5 Å². The van der Waals surface area contributed by atoms with Crippen LogP contribution in [0, 0.1) is 0 Å². The Morgan fingerprint density at radius 1 is 1.21 bits per heavy atom. The summed E-state index contributed by atoms with van der Waals surface area (Å²) in [6.07, 6.45) is 2.07. The highest BCUT2D eigenvalue weighted by Crippen LogP contribution is 2.35. The summed E-state index contributed by atoms with van der Waals surface area (Å²) in [4.78, 5) is 18.6. The van der Waals surface area contributed by atoms with E-state index in [4.69, 9.17) is 16.3 Å². The lowest BCUT2D eigenvalue weighted by molar-refractivity contribution is 0.100. The Kier molecular flexibility index (Phi) is 5.78. The van der Waals surface area contributed by atoms with E-state index in [1.165, 1.54) is 22.7 Å². The van der Waals surface area contributed by atoms with Gasteiger partial charge in [-0.05, 0) is 30.5 Å². The number of rotatable bonds is 5. The fourth-order valence-electron chi connectivity index (χ4n) is 2.95. The van der Waals surface area contributed by atoms with Gasteiger partial charge >= 0.3 is 0 Å². The Labute approximate surface area is 179 Å². The van der Waals surface area contributed by atoms with E-state index >= 15 is 0 Å². The predicted molar refractivity (Wildman–Crippen MR) is 121 cm³/mol. The van der Waals surface area contributed by atoms with Crippen LogP contribution >= 0.6 is 46.0 Å². The molecule has 0 fully saturated rings. The monoisotopic (exact) mass is 448 g/mol. The molecular formula is C20H17ClN2O2S3. The number of thiophene rings is 1. The van der Waals surface area contributed by atoms with E-state index in [1.54, 1.807) is 18.9 Å². The van der Waals surface area contributed by atoms with Crippen molar-refractivity contribution < 1.29 is 9.53 Å². The van der Waals surface area contributed by atoms with Gasteiger partial charge in [0.2, 0.25) is 0 Å². The molecule has 0 spiro atoms. The molecule has 2 aromatic carbocycles. The second-order valence-electron chi connectivity index (χ2n) is 6.02. The van der Waals surface area contributed by atoms with Gasteiger partial charge in [-0.3, -0.25) is 4.79 Å². The summed E-state index contributed by atoms with van der Waals surface area (Å²) in [5, 5.41) is 1.37. The van der Waals surface area contributed by atoms with E-state index in [1.807, 2.05) is 42.5 Å². The maximum absolute atomic E-state index is 13.0. The maximum atomic E-state index is 13.0. The first kappa shape index (κ1) is 19.5. The Hall–Kier alpha value is -1.80. The van der Waals surface area contributed by atoms with E-state index in [9.17, 15) is 4.79 Å². The van der Waals surface area contributed by atoms with E-state index in [0.29, 0.717) is 14.7 Å². The summed E-state index contributed by atoms with van der Waals surface area (Å²) in [6, 6.07) is 13.7. The quantitative estimate of drug-likeness (QED) is 0.394. The molecule has 0 N–H and O–H groups in total. The van der Waals surface area contributed by atoms with E-state index < -0.39 is 0 Å².